The standard InChI is InChI=1S/C11H17N3O/c1-12-7-9-5-6-13-11(14-9)10(15-2)8-3-4-8/h5-6,8,10,12H,3-4,7H2,1-2H3. The van der Waals surface area contributed by atoms with Gasteiger partial charge in [0.2, 0.25) is 0 Å². The number of hydrogen-bond donors (Lipinski definition) is 1. The van der Waals surface area contributed by atoms with Crippen molar-refractivity contribution < 1.29 is 4.74 Å². The molecule has 1 aromatic rings. The van der Waals surface area contributed by atoms with Gasteiger partial charge in [-0.1, -0.05) is 0 Å². The zero-order valence-corrected chi connectivity index (χ0v) is 9.23. The molecule has 1 N–H and O–H groups in total. The van der Waals surface area contributed by atoms with Crippen molar-refractivity contribution in [2.24, 2.45) is 5.92 Å². The maximum Gasteiger partial charge on any atom is 0.157 e. The number of rotatable bonds is 5. The van der Waals surface area contributed by atoms with Crippen LogP contribution < -0.4 is 5.32 Å². The number of ether oxygens (including phenoxy) is 1. The van der Waals surface area contributed by atoms with E-state index in [0.717, 1.165) is 18.1 Å². The minimum atomic E-state index is 0.0850. The lowest BCUT2D eigenvalue weighted by molar-refractivity contribution is 0.0770. The first-order chi connectivity index (χ1) is 7.35. The summed E-state index contributed by atoms with van der Waals surface area (Å²) in [6.07, 6.45) is 4.36. The molecule has 1 fully saturated rings. The van der Waals surface area contributed by atoms with Gasteiger partial charge in [-0.3, -0.25) is 0 Å². The number of nitrogens with zero attached hydrogens (tertiary/aromatic N) is 2. The Hall–Kier alpha value is -1.00. The molecule has 0 bridgehead atoms. The van der Waals surface area contributed by atoms with Crippen molar-refractivity contribution in [2.45, 2.75) is 25.5 Å². The van der Waals surface area contributed by atoms with E-state index in [0.29, 0.717) is 5.92 Å². The Kier molecular flexibility index (Phi) is 3.28. The van der Waals surface area contributed by atoms with Gasteiger partial charge in [-0.2, -0.15) is 0 Å². The lowest BCUT2D eigenvalue weighted by Crippen LogP contribution is -2.13. The zero-order chi connectivity index (χ0) is 10.7. The highest BCUT2D eigenvalue weighted by molar-refractivity contribution is 5.06. The van der Waals surface area contributed by atoms with Crippen molar-refractivity contribution in [2.75, 3.05) is 14.2 Å². The average Bonchev–Trinajstić information content (AvgIpc) is 3.04. The zero-order valence-electron chi connectivity index (χ0n) is 9.23. The van der Waals surface area contributed by atoms with E-state index in [9.17, 15) is 0 Å². The van der Waals surface area contributed by atoms with Gasteiger partial charge in [0.25, 0.3) is 0 Å². The summed E-state index contributed by atoms with van der Waals surface area (Å²) in [5.41, 5.74) is 1.02. The minimum absolute atomic E-state index is 0.0850. The number of methoxy groups -OCH3 is 1. The van der Waals surface area contributed by atoms with Crippen molar-refractivity contribution in [3.8, 4) is 0 Å². The summed E-state index contributed by atoms with van der Waals surface area (Å²) in [4.78, 5) is 8.79. The fourth-order valence-electron chi connectivity index (χ4n) is 1.74. The molecular weight excluding hydrogens is 190 g/mol. The van der Waals surface area contributed by atoms with E-state index in [1.165, 1.54) is 12.8 Å². The highest BCUT2D eigenvalue weighted by atomic mass is 16.5. The van der Waals surface area contributed by atoms with Crippen LogP contribution in [-0.4, -0.2) is 24.1 Å². The molecule has 1 unspecified atom stereocenters. The van der Waals surface area contributed by atoms with Crippen LogP contribution in [0.2, 0.25) is 0 Å². The van der Waals surface area contributed by atoms with E-state index in [4.69, 9.17) is 4.74 Å². The van der Waals surface area contributed by atoms with E-state index < -0.39 is 0 Å². The van der Waals surface area contributed by atoms with Crippen molar-refractivity contribution >= 4 is 0 Å². The predicted molar refractivity (Wildman–Crippen MR) is 57.3 cm³/mol. The maximum atomic E-state index is 5.45. The highest BCUT2D eigenvalue weighted by Gasteiger charge is 2.34. The quantitative estimate of drug-likeness (QED) is 0.790. The minimum Gasteiger partial charge on any atom is -0.373 e. The van der Waals surface area contributed by atoms with Crippen molar-refractivity contribution in [1.82, 2.24) is 15.3 Å². The molecule has 1 saturated carbocycles. The Morgan fingerprint density at radius 2 is 2.40 bits per heavy atom. The van der Waals surface area contributed by atoms with Crippen LogP contribution >= 0.6 is 0 Å². The van der Waals surface area contributed by atoms with Crippen LogP contribution in [0, 0.1) is 5.92 Å². The van der Waals surface area contributed by atoms with E-state index in [2.05, 4.69) is 15.3 Å². The fourth-order valence-corrected chi connectivity index (χ4v) is 1.74. The normalized spacial score (nSPS) is 17.7. The van der Waals surface area contributed by atoms with E-state index >= 15 is 0 Å². The molecule has 4 nitrogen and oxygen atoms in total. The topological polar surface area (TPSA) is 47.0 Å². The lowest BCUT2D eigenvalue weighted by atomic mass is 10.2. The molecule has 82 valence electrons. The molecule has 1 aliphatic carbocycles. The molecule has 0 amide bonds. The Bertz CT molecular complexity index is 325. The number of hydrogen-bond acceptors (Lipinski definition) is 4. The first kappa shape index (κ1) is 10.5. The van der Waals surface area contributed by atoms with E-state index in [1.54, 1.807) is 7.11 Å². The smallest absolute Gasteiger partial charge is 0.157 e. The first-order valence-electron chi connectivity index (χ1n) is 5.34. The summed E-state index contributed by atoms with van der Waals surface area (Å²) in [6, 6.07) is 1.93. The van der Waals surface area contributed by atoms with Gasteiger partial charge >= 0.3 is 0 Å². The second-order valence-electron chi connectivity index (χ2n) is 3.93. The van der Waals surface area contributed by atoms with Crippen LogP contribution in [0.5, 0.6) is 0 Å². The molecule has 2 rings (SSSR count). The van der Waals surface area contributed by atoms with Crippen molar-refractivity contribution in [3.05, 3.63) is 23.8 Å². The summed E-state index contributed by atoms with van der Waals surface area (Å²) in [5, 5.41) is 3.08. The van der Waals surface area contributed by atoms with Gasteiger partial charge in [0.15, 0.2) is 5.82 Å². The molecule has 0 saturated heterocycles. The molecule has 4 heteroatoms. The largest absolute Gasteiger partial charge is 0.373 e. The Morgan fingerprint density at radius 1 is 1.60 bits per heavy atom. The molecule has 1 atom stereocenters. The van der Waals surface area contributed by atoms with Crippen molar-refractivity contribution in [3.63, 3.8) is 0 Å². The van der Waals surface area contributed by atoms with Gasteiger partial charge in [0.05, 0.1) is 5.69 Å². The van der Waals surface area contributed by atoms with Gasteiger partial charge in [-0.05, 0) is 31.9 Å². The maximum absolute atomic E-state index is 5.45. The summed E-state index contributed by atoms with van der Waals surface area (Å²) in [5.74, 6) is 1.45. The Labute approximate surface area is 90.1 Å². The van der Waals surface area contributed by atoms with Gasteiger partial charge in [0.1, 0.15) is 6.10 Å². The van der Waals surface area contributed by atoms with Gasteiger partial charge in [-0.15, -0.1) is 0 Å². The molecule has 1 aliphatic rings. The van der Waals surface area contributed by atoms with Gasteiger partial charge < -0.3 is 10.1 Å². The molecule has 1 aromatic heterocycles. The van der Waals surface area contributed by atoms with Crippen molar-refractivity contribution in [1.29, 1.82) is 0 Å². The summed E-state index contributed by atoms with van der Waals surface area (Å²) >= 11 is 0. The van der Waals surface area contributed by atoms with Crippen LogP contribution in [0.4, 0.5) is 0 Å². The predicted octanol–water partition coefficient (Wildman–Crippen LogP) is 1.29. The molecule has 0 aromatic carbocycles. The highest BCUT2D eigenvalue weighted by Crippen LogP contribution is 2.41. The summed E-state index contributed by atoms with van der Waals surface area (Å²) in [6.45, 7) is 0.774. The van der Waals surface area contributed by atoms with E-state index in [-0.39, 0.29) is 6.10 Å². The second kappa shape index (κ2) is 4.68. The summed E-state index contributed by atoms with van der Waals surface area (Å²) in [7, 11) is 3.65. The fraction of sp³-hybridized carbons (Fsp3) is 0.636. The number of nitrogens with one attached hydrogen (secondary N) is 1. The SMILES string of the molecule is CNCc1ccnc(C(OC)C2CC2)n1. The summed E-state index contributed by atoms with van der Waals surface area (Å²) < 4.78 is 5.45. The molecule has 15 heavy (non-hydrogen) atoms. The monoisotopic (exact) mass is 207 g/mol. The van der Waals surface area contributed by atoms with Crippen LogP contribution in [0.25, 0.3) is 0 Å². The third-order valence-electron chi connectivity index (χ3n) is 2.65. The van der Waals surface area contributed by atoms with Gasteiger partial charge in [0, 0.05) is 19.9 Å². The van der Waals surface area contributed by atoms with Crippen LogP contribution in [-0.2, 0) is 11.3 Å². The molecule has 0 spiro atoms. The molecular formula is C11H17N3O. The van der Waals surface area contributed by atoms with Crippen LogP contribution in [0.1, 0.15) is 30.5 Å². The Morgan fingerprint density at radius 3 is 3.00 bits per heavy atom. The molecule has 0 aliphatic heterocycles. The average molecular weight is 207 g/mol. The van der Waals surface area contributed by atoms with Gasteiger partial charge in [-0.25, -0.2) is 9.97 Å². The molecule has 1 heterocycles. The van der Waals surface area contributed by atoms with E-state index in [1.807, 2.05) is 19.3 Å². The third-order valence-corrected chi connectivity index (χ3v) is 2.65. The van der Waals surface area contributed by atoms with Crippen LogP contribution in [0.3, 0.4) is 0 Å². The first-order valence-corrected chi connectivity index (χ1v) is 5.34. The second-order valence-corrected chi connectivity index (χ2v) is 3.93. The lowest BCUT2D eigenvalue weighted by Gasteiger charge is -2.13. The number of aromatic nitrogens is 2. The molecule has 0 radical (unpaired) electrons. The third kappa shape index (κ3) is 2.52. The van der Waals surface area contributed by atoms with Crippen LogP contribution in [0.15, 0.2) is 12.3 Å². The Balaban J connectivity index is 2.14.